The predicted octanol–water partition coefficient (Wildman–Crippen LogP) is 13.9. The van der Waals surface area contributed by atoms with Crippen molar-refractivity contribution in [2.45, 2.75) is 50.3 Å². The van der Waals surface area contributed by atoms with Gasteiger partial charge in [0.15, 0.2) is 0 Å². The van der Waals surface area contributed by atoms with Crippen molar-refractivity contribution >= 4 is 55.8 Å². The summed E-state index contributed by atoms with van der Waals surface area (Å²) >= 11 is -2.12. The van der Waals surface area contributed by atoms with Crippen LogP contribution in [0.3, 0.4) is 0 Å². The number of benzene rings is 6. The smallest absolute Gasteiger partial charge is 0.0561 e. The van der Waals surface area contributed by atoms with Crippen molar-refractivity contribution in [3.63, 3.8) is 0 Å². The Labute approximate surface area is 372 Å². The first-order valence-corrected chi connectivity index (χ1v) is 27.4. The molecule has 3 nitrogen and oxygen atoms in total. The summed E-state index contributed by atoms with van der Waals surface area (Å²) in [5.74, 6) is 7.02. The van der Waals surface area contributed by atoms with Gasteiger partial charge in [-0.25, -0.2) is 0 Å². The Kier molecular flexibility index (Phi) is 10.1. The molecule has 0 saturated carbocycles. The molecule has 6 aromatic carbocycles. The van der Waals surface area contributed by atoms with E-state index in [-0.39, 0.29) is 36.9 Å². The molecule has 60 heavy (non-hydrogen) atoms. The van der Waals surface area contributed by atoms with Crippen LogP contribution in [0.15, 0.2) is 152 Å². The number of pyridine rings is 2. The van der Waals surface area contributed by atoms with Crippen LogP contribution < -0.4 is 4.40 Å². The monoisotopic (exact) mass is 1030 g/mol. The van der Waals surface area contributed by atoms with E-state index in [0.29, 0.717) is 11.3 Å². The van der Waals surface area contributed by atoms with Gasteiger partial charge in [-0.2, -0.15) is 0 Å². The van der Waals surface area contributed by atoms with Crippen LogP contribution in [0.1, 0.15) is 36.0 Å². The van der Waals surface area contributed by atoms with Gasteiger partial charge in [0.25, 0.3) is 0 Å². The fourth-order valence-corrected chi connectivity index (χ4v) is 10.6. The van der Waals surface area contributed by atoms with E-state index in [9.17, 15) is 4.39 Å². The molecule has 6 heteroatoms. The molecule has 0 spiro atoms. The van der Waals surface area contributed by atoms with E-state index in [0.717, 1.165) is 55.4 Å². The van der Waals surface area contributed by atoms with Crippen LogP contribution >= 0.6 is 0 Å². The minimum atomic E-state index is -2.34. The molecule has 0 aliphatic carbocycles. The zero-order valence-corrected chi connectivity index (χ0v) is 39.0. The second kappa shape index (κ2) is 16.2. The van der Waals surface area contributed by atoms with Crippen LogP contribution in [-0.2, 0) is 25.5 Å². The molecular formula is C54H46FGeIrN3-2. The molecule has 0 N–H and O–H groups in total. The van der Waals surface area contributed by atoms with Gasteiger partial charge in [-0.3, -0.25) is 4.39 Å². The zero-order valence-electron chi connectivity index (χ0n) is 37.5. The average molecular weight is 1020 g/mol. The van der Waals surface area contributed by atoms with Gasteiger partial charge >= 0.3 is 217 Å². The molecule has 10 rings (SSSR count). The third kappa shape index (κ3) is 7.71. The zero-order chi connectivity index (χ0) is 43.6. The molecule has 0 fully saturated rings. The maximum absolute atomic E-state index is 12.6. The summed E-state index contributed by atoms with van der Waals surface area (Å²) in [4.78, 5) is 8.97. The number of halogens is 1. The van der Waals surface area contributed by atoms with Gasteiger partial charge in [0.1, 0.15) is 0 Å². The molecule has 4 aromatic heterocycles. The summed E-state index contributed by atoms with van der Waals surface area (Å²) in [5.41, 5.74) is 11.6. The van der Waals surface area contributed by atoms with Crippen molar-refractivity contribution in [3.8, 4) is 44.8 Å². The number of nitrogens with zero attached hydrogens (tertiary/aromatic N) is 3. The first kappa shape index (κ1) is 37.5. The number of aryl methyl sites for hydroxylation is 1. The van der Waals surface area contributed by atoms with E-state index in [1.807, 2.05) is 42.5 Å². The van der Waals surface area contributed by atoms with Gasteiger partial charge in [-0.15, -0.1) is 29.8 Å². The van der Waals surface area contributed by atoms with E-state index in [1.165, 1.54) is 38.3 Å². The van der Waals surface area contributed by atoms with Crippen LogP contribution in [0.25, 0.3) is 82.9 Å². The van der Waals surface area contributed by atoms with Crippen molar-refractivity contribution in [1.82, 2.24) is 14.4 Å². The third-order valence-corrected chi connectivity index (χ3v) is 15.5. The van der Waals surface area contributed by atoms with Gasteiger partial charge in [0.05, 0.1) is 0 Å². The van der Waals surface area contributed by atoms with E-state index in [1.54, 1.807) is 18.5 Å². The van der Waals surface area contributed by atoms with Crippen LogP contribution in [0.2, 0.25) is 17.3 Å². The fraction of sp³-hybridized carbons (Fsp3) is 0.148. The molecule has 299 valence electrons. The molecule has 0 saturated heterocycles. The number of hydrogen-bond acceptors (Lipinski definition) is 2. The van der Waals surface area contributed by atoms with Gasteiger partial charge in [-0.05, 0) is 22.9 Å². The standard InChI is InChI=1S/C43H39GeN2.C11H7FN.Ir/c1-27-26-45-39(25-34(27)32-19-17-29(23-38(32)43(2,3)4)28-13-9-8-10-14-28)30-21-36-33-15-11-12-16-40(33)46-41-20-18-31(44(5,6)7)24-35(41)37(22-30)42(36)46;12-10-6-4-9(5-7-10)11-3-1-2-8-13-11;/h8-20,22-26H,1-7H3;1-4,6-8H;/q2*-1;/i1D3;;. The Morgan fingerprint density at radius 1 is 0.667 bits per heavy atom. The number of para-hydroxylation sites is 1. The Balaban J connectivity index is 0.000000333. The topological polar surface area (TPSA) is 30.2 Å². The first-order chi connectivity index (χ1) is 29.6. The quantitative estimate of drug-likeness (QED) is 0.127. The third-order valence-electron chi connectivity index (χ3n) is 11.2. The summed E-state index contributed by atoms with van der Waals surface area (Å²) < 4.78 is 42.0. The molecule has 0 aliphatic heterocycles. The molecular weight excluding hydrogens is 974 g/mol. The Hall–Kier alpha value is -5.46. The molecule has 1 radical (unpaired) electrons. The number of hydrogen-bond donors (Lipinski definition) is 0. The molecule has 10 aromatic rings. The Bertz CT molecular complexity index is 3240. The van der Waals surface area contributed by atoms with E-state index in [2.05, 4.69) is 138 Å². The van der Waals surface area contributed by atoms with Crippen molar-refractivity contribution < 1.29 is 28.6 Å². The van der Waals surface area contributed by atoms with Gasteiger partial charge < -0.3 is 4.98 Å². The SMILES string of the molecule is Fc1c[c-]c(-c2ccccn2)cc1.[2H]C([2H])([2H])c1cnc(-c2[c-]c3c4ccccc4n4c5cc[c]([Ge]([CH3])([CH3])[CH3])cc5c(c2)c34)cc1-c1ccc(-c2ccccc2)cc1C(C)(C)C.[Ir]. The van der Waals surface area contributed by atoms with Crippen molar-refractivity contribution in [3.05, 3.63) is 181 Å². The van der Waals surface area contributed by atoms with E-state index in [4.69, 9.17) is 9.10 Å². The van der Waals surface area contributed by atoms with E-state index >= 15 is 0 Å². The molecule has 0 atom stereocenters. The van der Waals surface area contributed by atoms with Gasteiger partial charge in [0, 0.05) is 32.1 Å². The summed E-state index contributed by atoms with van der Waals surface area (Å²) in [5, 5.41) is 4.62. The van der Waals surface area contributed by atoms with Crippen LogP contribution in [0, 0.1) is 24.8 Å². The van der Waals surface area contributed by atoms with Crippen LogP contribution in [0.5, 0.6) is 0 Å². The number of rotatable bonds is 5. The van der Waals surface area contributed by atoms with Gasteiger partial charge in [-0.1, -0.05) is 63.2 Å². The molecule has 0 bridgehead atoms. The summed E-state index contributed by atoms with van der Waals surface area (Å²) in [6.07, 6.45) is 3.27. The van der Waals surface area contributed by atoms with E-state index < -0.39 is 20.1 Å². The van der Waals surface area contributed by atoms with Crippen molar-refractivity contribution in [2.75, 3.05) is 0 Å². The normalized spacial score (nSPS) is 12.8. The second-order valence-corrected chi connectivity index (χ2v) is 27.9. The van der Waals surface area contributed by atoms with Crippen LogP contribution in [-0.4, -0.2) is 27.6 Å². The van der Waals surface area contributed by atoms with Gasteiger partial charge in [0.2, 0.25) is 0 Å². The maximum atomic E-state index is 12.6. The number of aromatic nitrogens is 3. The van der Waals surface area contributed by atoms with Crippen LogP contribution in [0.4, 0.5) is 4.39 Å². The second-order valence-electron chi connectivity index (χ2n) is 17.3. The number of fused-ring (bicyclic) bond motifs is 6. The average Bonchev–Trinajstić information content (AvgIpc) is 3.78. The molecule has 4 heterocycles. The Morgan fingerprint density at radius 3 is 2.15 bits per heavy atom. The first-order valence-electron chi connectivity index (χ1n) is 21.5. The van der Waals surface area contributed by atoms with Crippen molar-refractivity contribution in [1.29, 1.82) is 0 Å². The summed E-state index contributed by atoms with van der Waals surface area (Å²) in [6, 6.07) is 53.1. The predicted molar refractivity (Wildman–Crippen MR) is 249 cm³/mol. The fourth-order valence-electron chi connectivity index (χ4n) is 8.13. The summed E-state index contributed by atoms with van der Waals surface area (Å²) in [6.45, 7) is 4.22. The van der Waals surface area contributed by atoms with Crippen molar-refractivity contribution in [2.24, 2.45) is 0 Å². The molecule has 0 aliphatic rings. The summed E-state index contributed by atoms with van der Waals surface area (Å²) in [7, 11) is 0. The minimum absolute atomic E-state index is 0. The minimum Gasteiger partial charge on any atom is -0.0561 e. The Morgan fingerprint density at radius 2 is 1.43 bits per heavy atom. The molecule has 0 unspecified atom stereocenters. The molecule has 0 amide bonds.